The van der Waals surface area contributed by atoms with Crippen LogP contribution < -0.4 is 10.1 Å². The van der Waals surface area contributed by atoms with Crippen LogP contribution in [0, 0.1) is 20.8 Å². The maximum atomic E-state index is 11.8. The molecule has 1 heterocycles. The summed E-state index contributed by atoms with van der Waals surface area (Å²) in [5, 5.41) is 2.69. The van der Waals surface area contributed by atoms with Crippen molar-refractivity contribution in [2.24, 2.45) is 0 Å². The summed E-state index contributed by atoms with van der Waals surface area (Å²) < 4.78 is 10.6. The third-order valence-corrected chi connectivity index (χ3v) is 3.35. The summed E-state index contributed by atoms with van der Waals surface area (Å²) in [6, 6.07) is 7.52. The standard InChI is InChI=1S/C17H20N2O3/c1-11-6-5-7-14(8-11)19-17(20)22-10-15-13(3)16(21-4)12(2)9-18-15/h5-9H,10H2,1-4H3,(H,19,20). The Hall–Kier alpha value is -2.56. The number of hydrogen-bond donors (Lipinski definition) is 1. The first-order valence-electron chi connectivity index (χ1n) is 7.00. The van der Waals surface area contributed by atoms with Crippen LogP contribution >= 0.6 is 0 Å². The fourth-order valence-corrected chi connectivity index (χ4v) is 2.23. The molecular weight excluding hydrogens is 280 g/mol. The van der Waals surface area contributed by atoms with Gasteiger partial charge in [0.05, 0.1) is 12.8 Å². The fourth-order valence-electron chi connectivity index (χ4n) is 2.23. The van der Waals surface area contributed by atoms with Crippen molar-refractivity contribution >= 4 is 11.8 Å². The molecular formula is C17H20N2O3. The van der Waals surface area contributed by atoms with Crippen molar-refractivity contribution in [1.29, 1.82) is 0 Å². The van der Waals surface area contributed by atoms with E-state index in [0.29, 0.717) is 11.4 Å². The van der Waals surface area contributed by atoms with Crippen molar-refractivity contribution in [2.75, 3.05) is 12.4 Å². The van der Waals surface area contributed by atoms with Crippen LogP contribution in [0.5, 0.6) is 5.75 Å². The van der Waals surface area contributed by atoms with E-state index in [4.69, 9.17) is 9.47 Å². The maximum absolute atomic E-state index is 11.8. The number of ether oxygens (including phenoxy) is 2. The molecule has 22 heavy (non-hydrogen) atoms. The average molecular weight is 300 g/mol. The van der Waals surface area contributed by atoms with Crippen molar-refractivity contribution in [2.45, 2.75) is 27.4 Å². The van der Waals surface area contributed by atoms with Crippen molar-refractivity contribution in [1.82, 2.24) is 4.98 Å². The van der Waals surface area contributed by atoms with E-state index in [0.717, 1.165) is 22.4 Å². The molecule has 1 aromatic carbocycles. The van der Waals surface area contributed by atoms with Gasteiger partial charge in [-0.3, -0.25) is 10.3 Å². The molecule has 0 saturated heterocycles. The highest BCUT2D eigenvalue weighted by atomic mass is 16.5. The Morgan fingerprint density at radius 3 is 2.73 bits per heavy atom. The third kappa shape index (κ3) is 3.75. The first kappa shape index (κ1) is 15.8. The van der Waals surface area contributed by atoms with Crippen LogP contribution in [0.15, 0.2) is 30.5 Å². The SMILES string of the molecule is COc1c(C)cnc(COC(=O)Nc2cccc(C)c2)c1C. The van der Waals surface area contributed by atoms with Crippen molar-refractivity contribution < 1.29 is 14.3 Å². The predicted octanol–water partition coefficient (Wildman–Crippen LogP) is 3.76. The van der Waals surface area contributed by atoms with E-state index in [1.807, 2.05) is 45.0 Å². The van der Waals surface area contributed by atoms with Gasteiger partial charge in [-0.1, -0.05) is 12.1 Å². The summed E-state index contributed by atoms with van der Waals surface area (Å²) in [6.07, 6.45) is 1.20. The molecule has 2 rings (SSSR count). The van der Waals surface area contributed by atoms with Crippen LogP contribution in [-0.4, -0.2) is 18.2 Å². The third-order valence-electron chi connectivity index (χ3n) is 3.35. The quantitative estimate of drug-likeness (QED) is 0.934. The minimum atomic E-state index is -0.508. The lowest BCUT2D eigenvalue weighted by Gasteiger charge is -2.12. The van der Waals surface area contributed by atoms with Crippen molar-refractivity contribution in [3.8, 4) is 5.75 Å². The molecule has 0 saturated carbocycles. The number of nitrogens with zero attached hydrogens (tertiary/aromatic N) is 1. The number of aryl methyl sites for hydroxylation is 2. The minimum absolute atomic E-state index is 0.0973. The Labute approximate surface area is 130 Å². The van der Waals surface area contributed by atoms with Gasteiger partial charge in [-0.2, -0.15) is 0 Å². The predicted molar refractivity (Wildman–Crippen MR) is 85.2 cm³/mol. The van der Waals surface area contributed by atoms with Crippen LogP contribution in [-0.2, 0) is 11.3 Å². The number of carbonyl (C=O) groups excluding carboxylic acids is 1. The first-order valence-corrected chi connectivity index (χ1v) is 7.00. The highest BCUT2D eigenvalue weighted by Crippen LogP contribution is 2.24. The molecule has 0 aliphatic rings. The molecule has 5 heteroatoms. The molecule has 0 unspecified atom stereocenters. The molecule has 5 nitrogen and oxygen atoms in total. The molecule has 1 N–H and O–H groups in total. The normalized spacial score (nSPS) is 10.2. The highest BCUT2D eigenvalue weighted by Gasteiger charge is 2.11. The van der Waals surface area contributed by atoms with Gasteiger partial charge in [0.25, 0.3) is 0 Å². The zero-order valence-electron chi connectivity index (χ0n) is 13.3. The number of aromatic nitrogens is 1. The average Bonchev–Trinajstić information content (AvgIpc) is 2.47. The summed E-state index contributed by atoms with van der Waals surface area (Å²) in [7, 11) is 1.62. The van der Waals surface area contributed by atoms with Gasteiger partial charge in [-0.05, 0) is 38.5 Å². The van der Waals surface area contributed by atoms with Crippen LogP contribution in [0.2, 0.25) is 0 Å². The summed E-state index contributed by atoms with van der Waals surface area (Å²) in [6.45, 7) is 5.88. The summed E-state index contributed by atoms with van der Waals surface area (Å²) >= 11 is 0. The van der Waals surface area contributed by atoms with Crippen molar-refractivity contribution in [3.05, 3.63) is 52.8 Å². The summed E-state index contributed by atoms with van der Waals surface area (Å²) in [5.41, 5.74) is 4.29. The zero-order chi connectivity index (χ0) is 16.1. The van der Waals surface area contributed by atoms with E-state index in [2.05, 4.69) is 10.3 Å². The number of methoxy groups -OCH3 is 1. The second-order valence-corrected chi connectivity index (χ2v) is 5.12. The second-order valence-electron chi connectivity index (χ2n) is 5.12. The Kier molecular flexibility index (Phi) is 4.99. The Morgan fingerprint density at radius 1 is 1.27 bits per heavy atom. The highest BCUT2D eigenvalue weighted by molar-refractivity contribution is 5.84. The van der Waals surface area contributed by atoms with Gasteiger partial charge in [0.15, 0.2) is 0 Å². The lowest BCUT2D eigenvalue weighted by molar-refractivity contribution is 0.153. The molecule has 0 bridgehead atoms. The number of benzene rings is 1. The van der Waals surface area contributed by atoms with Gasteiger partial charge in [0.2, 0.25) is 0 Å². The Balaban J connectivity index is 2.00. The van der Waals surface area contributed by atoms with Gasteiger partial charge >= 0.3 is 6.09 Å². The van der Waals surface area contributed by atoms with Gasteiger partial charge in [-0.25, -0.2) is 4.79 Å². The largest absolute Gasteiger partial charge is 0.496 e. The molecule has 1 aromatic heterocycles. The summed E-state index contributed by atoms with van der Waals surface area (Å²) in [5.74, 6) is 0.771. The van der Waals surface area contributed by atoms with Gasteiger partial charge < -0.3 is 9.47 Å². The molecule has 116 valence electrons. The molecule has 2 aromatic rings. The smallest absolute Gasteiger partial charge is 0.412 e. The monoisotopic (exact) mass is 300 g/mol. The van der Waals surface area contributed by atoms with Crippen molar-refractivity contribution in [3.63, 3.8) is 0 Å². The number of hydrogen-bond acceptors (Lipinski definition) is 4. The van der Waals surface area contributed by atoms with Crippen LogP contribution in [0.4, 0.5) is 10.5 Å². The molecule has 1 amide bonds. The number of carbonyl (C=O) groups is 1. The number of amides is 1. The van der Waals surface area contributed by atoms with E-state index in [9.17, 15) is 4.79 Å². The minimum Gasteiger partial charge on any atom is -0.496 e. The molecule has 0 fully saturated rings. The first-order chi connectivity index (χ1) is 10.5. The summed E-state index contributed by atoms with van der Waals surface area (Å²) in [4.78, 5) is 16.1. The molecule has 0 radical (unpaired) electrons. The van der Waals surface area contributed by atoms with Crippen LogP contribution in [0.3, 0.4) is 0 Å². The van der Waals surface area contributed by atoms with E-state index in [1.54, 1.807) is 13.3 Å². The topological polar surface area (TPSA) is 60.5 Å². The van der Waals surface area contributed by atoms with E-state index in [-0.39, 0.29) is 6.61 Å². The number of rotatable bonds is 4. The lowest BCUT2D eigenvalue weighted by atomic mass is 10.1. The molecule has 0 atom stereocenters. The second kappa shape index (κ2) is 6.93. The fraction of sp³-hybridized carbons (Fsp3) is 0.294. The van der Waals surface area contributed by atoms with E-state index >= 15 is 0 Å². The zero-order valence-corrected chi connectivity index (χ0v) is 13.3. The van der Waals surface area contributed by atoms with E-state index in [1.165, 1.54) is 0 Å². The Bertz CT molecular complexity index is 684. The number of anilines is 1. The van der Waals surface area contributed by atoms with Crippen LogP contribution in [0.1, 0.15) is 22.4 Å². The van der Waals surface area contributed by atoms with Gasteiger partial charge in [0.1, 0.15) is 12.4 Å². The molecule has 0 aliphatic carbocycles. The number of nitrogens with one attached hydrogen (secondary N) is 1. The lowest BCUT2D eigenvalue weighted by Crippen LogP contribution is -2.14. The number of pyridine rings is 1. The molecule has 0 spiro atoms. The van der Waals surface area contributed by atoms with E-state index < -0.39 is 6.09 Å². The van der Waals surface area contributed by atoms with Crippen LogP contribution in [0.25, 0.3) is 0 Å². The van der Waals surface area contributed by atoms with Gasteiger partial charge in [-0.15, -0.1) is 0 Å². The maximum Gasteiger partial charge on any atom is 0.412 e. The van der Waals surface area contributed by atoms with Gasteiger partial charge in [0, 0.05) is 23.0 Å². The Morgan fingerprint density at radius 2 is 2.05 bits per heavy atom. The molecule has 0 aliphatic heterocycles.